The van der Waals surface area contributed by atoms with E-state index in [1.807, 2.05) is 6.92 Å². The zero-order valence-corrected chi connectivity index (χ0v) is 7.36. The fraction of sp³-hybridized carbons (Fsp3) is 1.00. The van der Waals surface area contributed by atoms with Crippen LogP contribution in [0, 0.1) is 0 Å². The molecule has 1 N–H and O–H groups in total. The number of hydrogen-bond donors (Lipinski definition) is 1. The minimum Gasteiger partial charge on any atom is -0.391 e. The molecule has 0 spiro atoms. The van der Waals surface area contributed by atoms with Crippen molar-refractivity contribution in [1.29, 1.82) is 0 Å². The molecular weight excluding hydrogens is 172 g/mol. The summed E-state index contributed by atoms with van der Waals surface area (Å²) in [6, 6.07) is 0. The van der Waals surface area contributed by atoms with Crippen molar-refractivity contribution < 1.29 is 19.3 Å². The summed E-state index contributed by atoms with van der Waals surface area (Å²) in [7, 11) is 0. The van der Waals surface area contributed by atoms with Crippen molar-refractivity contribution >= 4 is 0 Å². The van der Waals surface area contributed by atoms with Gasteiger partial charge in [-0.05, 0) is 6.42 Å². The average molecular weight is 192 g/mol. The Morgan fingerprint density at radius 2 is 2.23 bits per heavy atom. The molecule has 0 bridgehead atoms. The maximum atomic E-state index is 9.07. The lowest BCUT2D eigenvalue weighted by atomic mass is 10.3. The topological polar surface area (TPSA) is 51.2 Å². The third-order valence-electron chi connectivity index (χ3n) is 1.65. The Bertz CT molecular complexity index is 114. The van der Waals surface area contributed by atoms with E-state index in [9.17, 15) is 0 Å². The minimum absolute atomic E-state index is 0. The number of aliphatic hydroxyl groups excluding tert-OH is 1. The van der Waals surface area contributed by atoms with E-state index in [0.29, 0.717) is 19.6 Å². The van der Waals surface area contributed by atoms with Gasteiger partial charge in [-0.2, -0.15) is 0 Å². The maximum Gasteiger partial charge on any atom is 0.146 e. The van der Waals surface area contributed by atoms with Crippen LogP contribution >= 0.6 is 0 Å². The van der Waals surface area contributed by atoms with Gasteiger partial charge in [-0.3, -0.25) is 0 Å². The Hall–Kier alpha value is -0.160. The first-order valence-corrected chi connectivity index (χ1v) is 4.28. The van der Waals surface area contributed by atoms with Gasteiger partial charge in [0.05, 0.1) is 25.9 Å². The Morgan fingerprint density at radius 3 is 2.77 bits per heavy atom. The molecule has 0 aromatic heterocycles. The molecule has 0 amide bonds. The van der Waals surface area contributed by atoms with Gasteiger partial charge in [0.1, 0.15) is 12.9 Å². The van der Waals surface area contributed by atoms with Crippen LogP contribution in [0.4, 0.5) is 0 Å². The molecule has 2 unspecified atom stereocenters. The largest absolute Gasteiger partial charge is 0.391 e. The van der Waals surface area contributed by atoms with E-state index in [4.69, 9.17) is 19.3 Å². The Kier molecular flexibility index (Phi) is 7.17. The molecule has 1 aliphatic rings. The highest BCUT2D eigenvalue weighted by atomic mass is 16.7. The van der Waals surface area contributed by atoms with Crippen LogP contribution in [0.25, 0.3) is 0 Å². The van der Waals surface area contributed by atoms with Gasteiger partial charge in [0.15, 0.2) is 0 Å². The van der Waals surface area contributed by atoms with Crippen molar-refractivity contribution in [2.24, 2.45) is 0 Å². The molecule has 13 heavy (non-hydrogen) atoms. The van der Waals surface area contributed by atoms with Crippen molar-refractivity contribution in [1.82, 2.24) is 0 Å². The number of ether oxygens (including phenoxy) is 3. The van der Waals surface area contributed by atoms with E-state index < -0.39 is 0 Å². The molecule has 0 radical (unpaired) electrons. The molecule has 0 aromatic carbocycles. The summed E-state index contributed by atoms with van der Waals surface area (Å²) in [5.74, 6) is 0. The lowest BCUT2D eigenvalue weighted by Gasteiger charge is -2.08. The lowest BCUT2D eigenvalue weighted by molar-refractivity contribution is -0.0816. The van der Waals surface area contributed by atoms with E-state index in [0.717, 1.165) is 6.61 Å². The van der Waals surface area contributed by atoms with Gasteiger partial charge in [0.25, 0.3) is 0 Å². The number of rotatable bonds is 7. The summed E-state index contributed by atoms with van der Waals surface area (Å²) >= 11 is 0. The first-order chi connectivity index (χ1) is 5.83. The van der Waals surface area contributed by atoms with Crippen molar-refractivity contribution in [2.45, 2.75) is 33.0 Å². The highest BCUT2D eigenvalue weighted by Crippen LogP contribution is 2.08. The maximum absolute atomic E-state index is 9.07. The van der Waals surface area contributed by atoms with E-state index in [1.165, 1.54) is 0 Å². The van der Waals surface area contributed by atoms with Gasteiger partial charge in [-0.25, -0.2) is 0 Å². The fourth-order valence-corrected chi connectivity index (χ4v) is 0.705. The number of epoxide rings is 1. The number of aliphatic hydroxyl groups is 1. The van der Waals surface area contributed by atoms with Crippen LogP contribution in [-0.2, 0) is 14.2 Å². The lowest BCUT2D eigenvalue weighted by Crippen LogP contribution is -2.16. The summed E-state index contributed by atoms with van der Waals surface area (Å²) in [5.41, 5.74) is 0. The Labute approximate surface area is 79.8 Å². The third-order valence-corrected chi connectivity index (χ3v) is 1.65. The highest BCUT2D eigenvalue weighted by molar-refractivity contribution is 4.66. The zero-order chi connectivity index (χ0) is 8.81. The quantitative estimate of drug-likeness (QED) is 0.368. The summed E-state index contributed by atoms with van der Waals surface area (Å²) in [6.45, 7) is 3.91. The van der Waals surface area contributed by atoms with Crippen molar-refractivity contribution in [3.63, 3.8) is 0 Å². The van der Waals surface area contributed by atoms with Crippen molar-refractivity contribution in [3.8, 4) is 0 Å². The van der Waals surface area contributed by atoms with Gasteiger partial charge in [0, 0.05) is 0 Å². The second-order valence-corrected chi connectivity index (χ2v) is 2.88. The normalized spacial score (nSPS) is 22.2. The van der Waals surface area contributed by atoms with Crippen molar-refractivity contribution in [3.05, 3.63) is 0 Å². The molecule has 1 aliphatic heterocycles. The molecule has 80 valence electrons. The smallest absolute Gasteiger partial charge is 0.146 e. The van der Waals surface area contributed by atoms with Crippen LogP contribution in [0.2, 0.25) is 0 Å². The molecule has 1 saturated heterocycles. The molecule has 4 heteroatoms. The fourth-order valence-electron chi connectivity index (χ4n) is 0.705. The summed E-state index contributed by atoms with van der Waals surface area (Å²) < 4.78 is 15.1. The van der Waals surface area contributed by atoms with Crippen LogP contribution < -0.4 is 0 Å². The zero-order valence-electron chi connectivity index (χ0n) is 7.36. The van der Waals surface area contributed by atoms with Crippen molar-refractivity contribution in [2.75, 3.05) is 26.6 Å². The number of hydrogen-bond acceptors (Lipinski definition) is 4. The van der Waals surface area contributed by atoms with Gasteiger partial charge >= 0.3 is 0 Å². The monoisotopic (exact) mass is 192 g/mol. The molecule has 0 aliphatic carbocycles. The van der Waals surface area contributed by atoms with Crippen LogP contribution in [0.1, 0.15) is 20.8 Å². The highest BCUT2D eigenvalue weighted by Gasteiger charge is 2.22. The molecule has 4 nitrogen and oxygen atoms in total. The van der Waals surface area contributed by atoms with E-state index in [2.05, 4.69) is 0 Å². The van der Waals surface area contributed by atoms with E-state index in [1.54, 1.807) is 0 Å². The predicted octanol–water partition coefficient (Wildman–Crippen LogP) is 0.783. The summed E-state index contributed by atoms with van der Waals surface area (Å²) in [4.78, 5) is 0. The molecule has 1 rings (SSSR count). The molecule has 0 aromatic rings. The Balaban J connectivity index is 0.00000144. The van der Waals surface area contributed by atoms with Crippen LogP contribution in [0.15, 0.2) is 0 Å². The summed E-state index contributed by atoms with van der Waals surface area (Å²) in [5, 5.41) is 9.07. The predicted molar refractivity (Wildman–Crippen MR) is 49.5 cm³/mol. The van der Waals surface area contributed by atoms with E-state index >= 15 is 0 Å². The molecular formula is C9H20O4. The van der Waals surface area contributed by atoms with Gasteiger partial charge in [0.2, 0.25) is 0 Å². The minimum atomic E-state index is -0.370. The van der Waals surface area contributed by atoms with Crippen LogP contribution in [0.5, 0.6) is 0 Å². The van der Waals surface area contributed by atoms with Gasteiger partial charge in [-0.1, -0.05) is 14.4 Å². The first kappa shape index (κ1) is 12.8. The Morgan fingerprint density at radius 1 is 1.54 bits per heavy atom. The molecule has 1 heterocycles. The molecule has 0 saturated carbocycles. The van der Waals surface area contributed by atoms with Crippen LogP contribution in [0.3, 0.4) is 0 Å². The van der Waals surface area contributed by atoms with Gasteiger partial charge < -0.3 is 19.3 Å². The second-order valence-electron chi connectivity index (χ2n) is 2.88. The summed E-state index contributed by atoms with van der Waals surface area (Å²) in [6.07, 6.45) is 0.626. The van der Waals surface area contributed by atoms with Crippen LogP contribution in [-0.4, -0.2) is 43.9 Å². The van der Waals surface area contributed by atoms with Gasteiger partial charge in [-0.15, -0.1) is 0 Å². The molecule has 1 fully saturated rings. The molecule has 2 atom stereocenters. The third kappa shape index (κ3) is 6.95. The first-order valence-electron chi connectivity index (χ1n) is 4.28. The van der Waals surface area contributed by atoms with E-state index in [-0.39, 0.29) is 26.4 Å². The SMILES string of the molecule is C.CCC(O)COCOCC1CO1. The second kappa shape index (κ2) is 7.26. The standard InChI is InChI=1S/C8H16O4.CH4/c1-2-7(9)3-10-6-11-4-8-5-12-8;/h7-9H,2-6H2,1H3;1H4. The average Bonchev–Trinajstić information content (AvgIpc) is 2.87.